The van der Waals surface area contributed by atoms with Gasteiger partial charge in [-0.3, -0.25) is 0 Å². The van der Waals surface area contributed by atoms with Gasteiger partial charge in [-0.1, -0.05) is 30.3 Å². The van der Waals surface area contributed by atoms with E-state index in [1.807, 2.05) is 41.1 Å². The molecule has 5 heteroatoms. The number of fused-ring (bicyclic) bond motifs is 1. The number of hydrogen-bond acceptors (Lipinski definition) is 3. The molecule has 0 atom stereocenters. The third kappa shape index (κ3) is 3.65. The van der Waals surface area contributed by atoms with Crippen LogP contribution in [0.4, 0.5) is 4.39 Å². The molecule has 0 N–H and O–H groups in total. The average molecular weight is 348 g/mol. The number of nitriles is 1. The standard InChI is InChI=1S/C21H17FN2O2/c1-2-26-21(25)16(12-23)11-17-14-24(20-6-4-3-5-19(17)20)13-15-7-9-18(22)10-8-15/h3-11,14H,2,13H2,1H3/b16-11-. The molecule has 4 nitrogen and oxygen atoms in total. The third-order valence-corrected chi connectivity index (χ3v) is 4.00. The van der Waals surface area contributed by atoms with Gasteiger partial charge in [0.2, 0.25) is 0 Å². The number of nitrogens with zero attached hydrogens (tertiary/aromatic N) is 2. The molecule has 3 rings (SSSR count). The number of carbonyl (C=O) groups excluding carboxylic acids is 1. The van der Waals surface area contributed by atoms with E-state index < -0.39 is 5.97 Å². The van der Waals surface area contributed by atoms with E-state index in [0.717, 1.165) is 22.0 Å². The molecule has 0 spiro atoms. The molecule has 0 aliphatic carbocycles. The van der Waals surface area contributed by atoms with Crippen molar-refractivity contribution in [3.63, 3.8) is 0 Å². The van der Waals surface area contributed by atoms with Gasteiger partial charge >= 0.3 is 5.97 Å². The maximum Gasteiger partial charge on any atom is 0.348 e. The van der Waals surface area contributed by atoms with Crippen LogP contribution in [0.25, 0.3) is 17.0 Å². The van der Waals surface area contributed by atoms with Crippen LogP contribution >= 0.6 is 0 Å². The van der Waals surface area contributed by atoms with Crippen LogP contribution in [0.15, 0.2) is 60.3 Å². The quantitative estimate of drug-likeness (QED) is 0.392. The SMILES string of the molecule is CCOC(=O)/C(C#N)=C\c1cn(Cc2ccc(F)cc2)c2ccccc12. The summed E-state index contributed by atoms with van der Waals surface area (Å²) in [5.74, 6) is -0.909. The van der Waals surface area contributed by atoms with Crippen LogP contribution < -0.4 is 0 Å². The zero-order valence-electron chi connectivity index (χ0n) is 14.3. The van der Waals surface area contributed by atoms with E-state index in [0.29, 0.717) is 6.54 Å². The Balaban J connectivity index is 2.03. The van der Waals surface area contributed by atoms with Crippen molar-refractivity contribution < 1.29 is 13.9 Å². The first-order valence-electron chi connectivity index (χ1n) is 8.23. The molecule has 26 heavy (non-hydrogen) atoms. The van der Waals surface area contributed by atoms with Crippen LogP contribution in [0.3, 0.4) is 0 Å². The van der Waals surface area contributed by atoms with Gasteiger partial charge in [-0.25, -0.2) is 9.18 Å². The molecule has 0 aliphatic heterocycles. The second kappa shape index (κ2) is 7.66. The summed E-state index contributed by atoms with van der Waals surface area (Å²) in [5, 5.41) is 10.2. The van der Waals surface area contributed by atoms with E-state index in [9.17, 15) is 14.4 Å². The zero-order chi connectivity index (χ0) is 18.5. The van der Waals surface area contributed by atoms with E-state index in [1.165, 1.54) is 12.1 Å². The second-order valence-corrected chi connectivity index (χ2v) is 5.75. The van der Waals surface area contributed by atoms with Crippen LogP contribution in [0.5, 0.6) is 0 Å². The summed E-state index contributed by atoms with van der Waals surface area (Å²) in [6.07, 6.45) is 3.42. The van der Waals surface area contributed by atoms with Crippen molar-refractivity contribution in [3.8, 4) is 6.07 Å². The summed E-state index contributed by atoms with van der Waals surface area (Å²) in [6.45, 7) is 2.46. The van der Waals surface area contributed by atoms with Crippen LogP contribution in [0.2, 0.25) is 0 Å². The number of halogens is 1. The minimum absolute atomic E-state index is 0.0449. The van der Waals surface area contributed by atoms with Gasteiger partial charge in [0.1, 0.15) is 17.5 Å². The Labute approximate surface area is 150 Å². The molecule has 0 radical (unpaired) electrons. The molecule has 1 heterocycles. The Morgan fingerprint density at radius 1 is 1.23 bits per heavy atom. The summed E-state index contributed by atoms with van der Waals surface area (Å²) in [7, 11) is 0. The highest BCUT2D eigenvalue weighted by molar-refractivity contribution is 6.01. The van der Waals surface area contributed by atoms with E-state index in [4.69, 9.17) is 4.74 Å². The molecule has 130 valence electrons. The van der Waals surface area contributed by atoms with E-state index in [-0.39, 0.29) is 18.0 Å². The minimum Gasteiger partial charge on any atom is -0.462 e. The zero-order valence-corrected chi connectivity index (χ0v) is 14.3. The lowest BCUT2D eigenvalue weighted by Crippen LogP contribution is -2.05. The monoisotopic (exact) mass is 348 g/mol. The summed E-state index contributed by atoms with van der Waals surface area (Å²) in [4.78, 5) is 11.9. The number of esters is 1. The van der Waals surface area contributed by atoms with Crippen LogP contribution in [0, 0.1) is 17.1 Å². The summed E-state index contributed by atoms with van der Waals surface area (Å²) < 4.78 is 20.0. The number of ether oxygens (including phenoxy) is 1. The molecule has 1 aromatic heterocycles. The van der Waals surface area contributed by atoms with E-state index in [2.05, 4.69) is 0 Å². The first-order chi connectivity index (χ1) is 12.6. The van der Waals surface area contributed by atoms with Gasteiger partial charge in [-0.2, -0.15) is 5.26 Å². The first-order valence-corrected chi connectivity index (χ1v) is 8.23. The fourth-order valence-corrected chi connectivity index (χ4v) is 2.81. The topological polar surface area (TPSA) is 55.0 Å². The number of aromatic nitrogens is 1. The summed E-state index contributed by atoms with van der Waals surface area (Å²) in [6, 6.07) is 15.9. The van der Waals surface area contributed by atoms with E-state index in [1.54, 1.807) is 25.1 Å². The largest absolute Gasteiger partial charge is 0.462 e. The van der Waals surface area contributed by atoms with Crippen molar-refractivity contribution >= 4 is 22.9 Å². The first kappa shape index (κ1) is 17.4. The fraction of sp³-hybridized carbons (Fsp3) is 0.143. The van der Waals surface area contributed by atoms with Gasteiger partial charge in [0.05, 0.1) is 6.61 Å². The van der Waals surface area contributed by atoms with Gasteiger partial charge < -0.3 is 9.30 Å². The molecule has 0 unspecified atom stereocenters. The van der Waals surface area contributed by atoms with Gasteiger partial charge in [0.15, 0.2) is 0 Å². The maximum absolute atomic E-state index is 13.1. The lowest BCUT2D eigenvalue weighted by Gasteiger charge is -2.05. The highest BCUT2D eigenvalue weighted by Crippen LogP contribution is 2.25. The van der Waals surface area contributed by atoms with Crippen LogP contribution in [-0.2, 0) is 16.1 Å². The second-order valence-electron chi connectivity index (χ2n) is 5.75. The molecule has 0 bridgehead atoms. The van der Waals surface area contributed by atoms with Gasteiger partial charge in [0, 0.05) is 29.2 Å². The highest BCUT2D eigenvalue weighted by Gasteiger charge is 2.13. The predicted octanol–water partition coefficient (Wildman–Crippen LogP) is 4.30. The average Bonchev–Trinajstić information content (AvgIpc) is 2.99. The lowest BCUT2D eigenvalue weighted by molar-refractivity contribution is -0.137. The molecule has 2 aromatic carbocycles. The number of benzene rings is 2. The molecular formula is C21H17FN2O2. The van der Waals surface area contributed by atoms with Crippen molar-refractivity contribution in [2.24, 2.45) is 0 Å². The molecule has 0 saturated heterocycles. The van der Waals surface area contributed by atoms with Gasteiger partial charge in [0.25, 0.3) is 0 Å². The Hall–Kier alpha value is -3.39. The number of hydrogen-bond donors (Lipinski definition) is 0. The lowest BCUT2D eigenvalue weighted by atomic mass is 10.1. The van der Waals surface area contributed by atoms with Crippen molar-refractivity contribution in [2.75, 3.05) is 6.61 Å². The third-order valence-electron chi connectivity index (χ3n) is 4.00. The molecule has 0 amide bonds. The van der Waals surface area contributed by atoms with Crippen molar-refractivity contribution in [1.82, 2.24) is 4.57 Å². The van der Waals surface area contributed by atoms with Gasteiger partial charge in [-0.05, 0) is 36.8 Å². The van der Waals surface area contributed by atoms with Crippen molar-refractivity contribution in [2.45, 2.75) is 13.5 Å². The van der Waals surface area contributed by atoms with Gasteiger partial charge in [-0.15, -0.1) is 0 Å². The predicted molar refractivity (Wildman–Crippen MR) is 97.7 cm³/mol. The smallest absolute Gasteiger partial charge is 0.348 e. The maximum atomic E-state index is 13.1. The Morgan fingerprint density at radius 3 is 2.65 bits per heavy atom. The summed E-state index contributed by atoms with van der Waals surface area (Å²) >= 11 is 0. The molecular weight excluding hydrogens is 331 g/mol. The van der Waals surface area contributed by atoms with E-state index >= 15 is 0 Å². The van der Waals surface area contributed by atoms with Crippen LogP contribution in [0.1, 0.15) is 18.1 Å². The molecule has 0 fully saturated rings. The minimum atomic E-state index is -0.634. The Bertz CT molecular complexity index is 1010. The van der Waals surface area contributed by atoms with Crippen molar-refractivity contribution in [3.05, 3.63) is 77.2 Å². The molecule has 0 saturated carbocycles. The number of para-hydroxylation sites is 1. The highest BCUT2D eigenvalue weighted by atomic mass is 19.1. The Morgan fingerprint density at radius 2 is 1.96 bits per heavy atom. The van der Waals surface area contributed by atoms with Crippen molar-refractivity contribution in [1.29, 1.82) is 5.26 Å². The summed E-state index contributed by atoms with van der Waals surface area (Å²) in [5.41, 5.74) is 2.63. The molecule has 3 aromatic rings. The normalized spacial score (nSPS) is 11.3. The Kier molecular flexibility index (Phi) is 5.14. The molecule has 0 aliphatic rings. The number of rotatable bonds is 5. The van der Waals surface area contributed by atoms with Crippen LogP contribution in [-0.4, -0.2) is 17.1 Å². The fourth-order valence-electron chi connectivity index (χ4n) is 2.81. The number of carbonyl (C=O) groups is 1.